The first-order chi connectivity index (χ1) is 12.3. The number of carbonyl (C=O) groups excluding carboxylic acids is 1. The SMILES string of the molecule is Cl.NC1C2CCC(C2)C1C(=O)Nc1ccc(-c2noc(C(F)(F)F)n2)cc1. The van der Waals surface area contributed by atoms with E-state index in [0.717, 1.165) is 19.3 Å². The predicted molar refractivity (Wildman–Crippen MR) is 92.9 cm³/mol. The maximum Gasteiger partial charge on any atom is 0.471 e. The molecule has 2 aliphatic rings. The molecular formula is C17H18ClF3N4O2. The zero-order valence-electron chi connectivity index (χ0n) is 14.1. The summed E-state index contributed by atoms with van der Waals surface area (Å²) in [4.78, 5) is 15.9. The van der Waals surface area contributed by atoms with Crippen molar-refractivity contribution >= 4 is 24.0 Å². The van der Waals surface area contributed by atoms with E-state index in [1.807, 2.05) is 0 Å². The molecule has 4 atom stereocenters. The summed E-state index contributed by atoms with van der Waals surface area (Å²) < 4.78 is 41.8. The van der Waals surface area contributed by atoms with E-state index in [4.69, 9.17) is 5.73 Å². The Balaban J connectivity index is 0.00000210. The minimum absolute atomic E-state index is 0. The molecule has 0 aliphatic heterocycles. The molecule has 10 heteroatoms. The Hall–Kier alpha value is -2.13. The summed E-state index contributed by atoms with van der Waals surface area (Å²) in [6, 6.07) is 6.14. The number of anilines is 1. The van der Waals surface area contributed by atoms with Gasteiger partial charge in [0.25, 0.3) is 0 Å². The van der Waals surface area contributed by atoms with Crippen LogP contribution in [0.5, 0.6) is 0 Å². The number of carbonyl (C=O) groups is 1. The lowest BCUT2D eigenvalue weighted by Gasteiger charge is -2.27. The molecule has 27 heavy (non-hydrogen) atoms. The van der Waals surface area contributed by atoms with Crippen molar-refractivity contribution in [3.05, 3.63) is 30.2 Å². The van der Waals surface area contributed by atoms with Gasteiger partial charge in [0, 0.05) is 17.3 Å². The first kappa shape index (κ1) is 19.6. The molecule has 1 aromatic carbocycles. The van der Waals surface area contributed by atoms with Crippen LogP contribution in [0.3, 0.4) is 0 Å². The van der Waals surface area contributed by atoms with Crippen LogP contribution in [0.4, 0.5) is 18.9 Å². The molecule has 0 spiro atoms. The lowest BCUT2D eigenvalue weighted by atomic mass is 9.84. The summed E-state index contributed by atoms with van der Waals surface area (Å²) in [5.41, 5.74) is 7.09. The highest BCUT2D eigenvalue weighted by Crippen LogP contribution is 2.47. The molecule has 2 fully saturated rings. The molecule has 1 heterocycles. The summed E-state index contributed by atoms with van der Waals surface area (Å²) in [6.07, 6.45) is -1.54. The van der Waals surface area contributed by atoms with Gasteiger partial charge in [-0.05, 0) is 55.4 Å². The summed E-state index contributed by atoms with van der Waals surface area (Å²) in [7, 11) is 0. The number of hydrogen-bond donors (Lipinski definition) is 2. The quantitative estimate of drug-likeness (QED) is 0.819. The van der Waals surface area contributed by atoms with E-state index in [9.17, 15) is 18.0 Å². The third-order valence-corrected chi connectivity index (χ3v) is 5.36. The number of benzene rings is 1. The standard InChI is InChI=1S/C17H17F3N4O2.ClH/c18-17(19,20)16-23-14(24-26-16)8-3-5-11(6-4-8)22-15(25)12-9-1-2-10(7-9)13(12)21;/h3-6,9-10,12-13H,1-2,7,21H2,(H,22,25);1H. The number of hydrogen-bond acceptors (Lipinski definition) is 5. The van der Waals surface area contributed by atoms with E-state index < -0.39 is 12.1 Å². The van der Waals surface area contributed by atoms with Gasteiger partial charge >= 0.3 is 12.1 Å². The first-order valence-corrected chi connectivity index (χ1v) is 8.40. The molecule has 3 N–H and O–H groups in total. The van der Waals surface area contributed by atoms with Crippen molar-refractivity contribution in [1.29, 1.82) is 0 Å². The number of aromatic nitrogens is 2. The van der Waals surface area contributed by atoms with Gasteiger partial charge in [-0.1, -0.05) is 5.16 Å². The van der Waals surface area contributed by atoms with Gasteiger partial charge in [-0.3, -0.25) is 4.79 Å². The maximum atomic E-state index is 12.5. The number of alkyl halides is 3. The van der Waals surface area contributed by atoms with E-state index in [-0.39, 0.29) is 36.1 Å². The van der Waals surface area contributed by atoms with Crippen molar-refractivity contribution in [3.8, 4) is 11.4 Å². The third kappa shape index (κ3) is 3.66. The van der Waals surface area contributed by atoms with E-state index in [1.54, 1.807) is 12.1 Å². The second kappa shape index (κ2) is 7.12. The highest BCUT2D eigenvalue weighted by Gasteiger charge is 2.49. The molecule has 6 nitrogen and oxygen atoms in total. The van der Waals surface area contributed by atoms with Crippen molar-refractivity contribution in [2.24, 2.45) is 23.5 Å². The number of amides is 1. The van der Waals surface area contributed by atoms with Crippen LogP contribution in [-0.4, -0.2) is 22.1 Å². The molecule has 2 aromatic rings. The normalized spacial score (nSPS) is 26.7. The number of nitrogens with two attached hydrogens (primary N) is 1. The molecule has 1 amide bonds. The summed E-state index contributed by atoms with van der Waals surface area (Å²) in [6.45, 7) is 0. The number of rotatable bonds is 3. The Morgan fingerprint density at radius 1 is 1.19 bits per heavy atom. The Kier molecular flexibility index (Phi) is 5.18. The van der Waals surface area contributed by atoms with Crippen LogP contribution in [0.1, 0.15) is 25.2 Å². The third-order valence-electron chi connectivity index (χ3n) is 5.36. The Morgan fingerprint density at radius 2 is 1.85 bits per heavy atom. The van der Waals surface area contributed by atoms with Crippen molar-refractivity contribution in [3.63, 3.8) is 0 Å². The molecule has 4 rings (SSSR count). The van der Waals surface area contributed by atoms with Crippen LogP contribution >= 0.6 is 12.4 Å². The van der Waals surface area contributed by atoms with E-state index in [2.05, 4.69) is 20.0 Å². The van der Waals surface area contributed by atoms with Gasteiger partial charge < -0.3 is 15.6 Å². The predicted octanol–water partition coefficient (Wildman–Crippen LogP) is 3.49. The molecular weight excluding hydrogens is 385 g/mol. The number of nitrogens with zero attached hydrogens (tertiary/aromatic N) is 2. The highest BCUT2D eigenvalue weighted by molar-refractivity contribution is 5.93. The molecule has 1 aromatic heterocycles. The van der Waals surface area contributed by atoms with Gasteiger partial charge in [-0.25, -0.2) is 0 Å². The number of nitrogens with one attached hydrogen (secondary N) is 1. The van der Waals surface area contributed by atoms with E-state index >= 15 is 0 Å². The molecule has 146 valence electrons. The van der Waals surface area contributed by atoms with Crippen LogP contribution in [0, 0.1) is 17.8 Å². The topological polar surface area (TPSA) is 94.0 Å². The van der Waals surface area contributed by atoms with Crippen LogP contribution < -0.4 is 11.1 Å². The fraction of sp³-hybridized carbons (Fsp3) is 0.471. The van der Waals surface area contributed by atoms with Crippen molar-refractivity contribution in [2.75, 3.05) is 5.32 Å². The van der Waals surface area contributed by atoms with Gasteiger partial charge in [0.2, 0.25) is 11.7 Å². The maximum absolute atomic E-state index is 12.5. The summed E-state index contributed by atoms with van der Waals surface area (Å²) in [5, 5.41) is 6.18. The van der Waals surface area contributed by atoms with Crippen molar-refractivity contribution < 1.29 is 22.5 Å². The number of fused-ring (bicyclic) bond motifs is 2. The van der Waals surface area contributed by atoms with Gasteiger partial charge in [0.1, 0.15) is 0 Å². The van der Waals surface area contributed by atoms with Gasteiger partial charge in [0.15, 0.2) is 0 Å². The monoisotopic (exact) mass is 402 g/mol. The minimum Gasteiger partial charge on any atom is -0.329 e. The van der Waals surface area contributed by atoms with Crippen molar-refractivity contribution in [2.45, 2.75) is 31.5 Å². The molecule has 2 aliphatic carbocycles. The van der Waals surface area contributed by atoms with Crippen LogP contribution in [0.25, 0.3) is 11.4 Å². The molecule has 0 saturated heterocycles. The van der Waals surface area contributed by atoms with Gasteiger partial charge in [-0.2, -0.15) is 18.2 Å². The Morgan fingerprint density at radius 3 is 2.41 bits per heavy atom. The fourth-order valence-corrected chi connectivity index (χ4v) is 4.11. The van der Waals surface area contributed by atoms with Crippen LogP contribution in [0.2, 0.25) is 0 Å². The lowest BCUT2D eigenvalue weighted by Crippen LogP contribution is -2.42. The average Bonchev–Trinajstić information content (AvgIpc) is 3.30. The second-order valence-corrected chi connectivity index (χ2v) is 6.92. The smallest absolute Gasteiger partial charge is 0.329 e. The second-order valence-electron chi connectivity index (χ2n) is 6.92. The summed E-state index contributed by atoms with van der Waals surface area (Å²) in [5.74, 6) is -1.06. The largest absolute Gasteiger partial charge is 0.471 e. The van der Waals surface area contributed by atoms with E-state index in [0.29, 0.717) is 23.1 Å². The van der Waals surface area contributed by atoms with Gasteiger partial charge in [0.05, 0.1) is 5.92 Å². The van der Waals surface area contributed by atoms with Gasteiger partial charge in [-0.15, -0.1) is 12.4 Å². The number of halogens is 4. The molecule has 2 saturated carbocycles. The molecule has 4 unspecified atom stereocenters. The first-order valence-electron chi connectivity index (χ1n) is 8.40. The molecule has 2 bridgehead atoms. The Labute approximate surface area is 159 Å². The molecule has 0 radical (unpaired) electrons. The zero-order chi connectivity index (χ0) is 18.5. The Bertz CT molecular complexity index is 822. The minimum atomic E-state index is -4.68. The van der Waals surface area contributed by atoms with Crippen LogP contribution in [-0.2, 0) is 11.0 Å². The average molecular weight is 403 g/mol. The fourth-order valence-electron chi connectivity index (χ4n) is 4.11. The summed E-state index contributed by atoms with van der Waals surface area (Å²) >= 11 is 0. The van der Waals surface area contributed by atoms with E-state index in [1.165, 1.54) is 12.1 Å². The van der Waals surface area contributed by atoms with Crippen molar-refractivity contribution in [1.82, 2.24) is 10.1 Å². The lowest BCUT2D eigenvalue weighted by molar-refractivity contribution is -0.159. The van der Waals surface area contributed by atoms with Crippen LogP contribution in [0.15, 0.2) is 28.8 Å². The highest BCUT2D eigenvalue weighted by atomic mass is 35.5. The zero-order valence-corrected chi connectivity index (χ0v) is 14.9.